The van der Waals surface area contributed by atoms with Crippen LogP contribution in [0.4, 0.5) is 4.79 Å². The molecule has 4 nitrogen and oxygen atoms in total. The minimum Gasteiger partial charge on any atom is -0.489 e. The van der Waals surface area contributed by atoms with E-state index in [1.165, 1.54) is 11.1 Å². The molecule has 0 saturated carbocycles. The van der Waals surface area contributed by atoms with Gasteiger partial charge in [0, 0.05) is 0 Å². The first kappa shape index (κ1) is 18.3. The van der Waals surface area contributed by atoms with Gasteiger partial charge >= 0.3 is 0 Å². The van der Waals surface area contributed by atoms with Gasteiger partial charge in [0.1, 0.15) is 12.4 Å². The Morgan fingerprint density at radius 1 is 0.786 bits per heavy atom. The van der Waals surface area contributed by atoms with Gasteiger partial charge in [0.2, 0.25) is 5.91 Å². The zero-order valence-corrected chi connectivity index (χ0v) is 15.9. The highest BCUT2D eigenvalue weighted by Gasteiger charge is 2.31. The van der Waals surface area contributed by atoms with Crippen LogP contribution in [0, 0.1) is 0 Å². The molecule has 1 saturated heterocycles. The lowest BCUT2D eigenvalue weighted by Gasteiger charge is -2.09. The first-order valence-corrected chi connectivity index (χ1v) is 9.93. The maximum atomic E-state index is 11.7. The van der Waals surface area contributed by atoms with Gasteiger partial charge in [-0.15, -0.1) is 0 Å². The van der Waals surface area contributed by atoms with Crippen LogP contribution in [0.15, 0.2) is 78.9 Å². The van der Waals surface area contributed by atoms with Crippen molar-refractivity contribution in [1.29, 1.82) is 0 Å². The fourth-order valence-electron chi connectivity index (χ4n) is 3.05. The summed E-state index contributed by atoms with van der Waals surface area (Å²) in [5.41, 5.74) is 4.48. The second-order valence-electron chi connectivity index (χ2n) is 6.58. The summed E-state index contributed by atoms with van der Waals surface area (Å²) >= 11 is 1.05. The molecule has 4 rings (SSSR count). The molecule has 140 valence electrons. The zero-order valence-electron chi connectivity index (χ0n) is 15.1. The fraction of sp³-hybridized carbons (Fsp3) is 0.130. The van der Waals surface area contributed by atoms with E-state index in [9.17, 15) is 9.59 Å². The summed E-state index contributed by atoms with van der Waals surface area (Å²) in [6.45, 7) is 0.490. The fourth-order valence-corrected chi connectivity index (χ4v) is 3.91. The van der Waals surface area contributed by atoms with Crippen LogP contribution in [0.25, 0.3) is 11.1 Å². The summed E-state index contributed by atoms with van der Waals surface area (Å²) in [5, 5.41) is 1.70. The van der Waals surface area contributed by atoms with Crippen molar-refractivity contribution in [3.8, 4) is 16.9 Å². The SMILES string of the molecule is O=C1NC(=O)C(Cc2ccc(OCc3ccc(-c4ccccc4)cc3)cc2)S1. The molecule has 0 radical (unpaired) electrons. The summed E-state index contributed by atoms with van der Waals surface area (Å²) in [7, 11) is 0. The number of hydrogen-bond acceptors (Lipinski definition) is 4. The summed E-state index contributed by atoms with van der Waals surface area (Å²) in [5.74, 6) is 0.560. The standard InChI is InChI=1S/C23H19NO3S/c25-22-21(28-23(26)24-22)14-16-8-12-20(13-9-16)27-15-17-6-10-19(11-7-17)18-4-2-1-3-5-18/h1-13,21H,14-15H2,(H,24,25,26). The summed E-state index contributed by atoms with van der Waals surface area (Å²) in [4.78, 5) is 22.9. The van der Waals surface area contributed by atoms with E-state index < -0.39 is 0 Å². The molecule has 1 aliphatic heterocycles. The second kappa shape index (κ2) is 8.31. The largest absolute Gasteiger partial charge is 0.489 e. The summed E-state index contributed by atoms with van der Waals surface area (Å²) < 4.78 is 5.86. The Labute approximate surface area is 167 Å². The minimum atomic E-state index is -0.345. The van der Waals surface area contributed by atoms with Gasteiger partial charge in [0.15, 0.2) is 0 Å². The van der Waals surface area contributed by atoms with Gasteiger partial charge in [-0.25, -0.2) is 0 Å². The van der Waals surface area contributed by atoms with Crippen molar-refractivity contribution >= 4 is 22.9 Å². The Hall–Kier alpha value is -3.05. The maximum Gasteiger partial charge on any atom is 0.286 e. The van der Waals surface area contributed by atoms with E-state index in [1.807, 2.05) is 42.5 Å². The van der Waals surface area contributed by atoms with Crippen molar-refractivity contribution in [3.63, 3.8) is 0 Å². The van der Waals surface area contributed by atoms with Crippen LogP contribution in [0.2, 0.25) is 0 Å². The third-order valence-corrected chi connectivity index (χ3v) is 5.56. The Kier molecular flexibility index (Phi) is 5.44. The number of rotatable bonds is 6. The molecule has 2 amide bonds. The van der Waals surface area contributed by atoms with Gasteiger partial charge in [-0.3, -0.25) is 14.9 Å². The highest BCUT2D eigenvalue weighted by molar-refractivity contribution is 8.15. The van der Waals surface area contributed by atoms with Crippen molar-refractivity contribution in [2.24, 2.45) is 0 Å². The smallest absolute Gasteiger partial charge is 0.286 e. The number of ether oxygens (including phenoxy) is 1. The predicted octanol–water partition coefficient (Wildman–Crippen LogP) is 4.83. The first-order valence-electron chi connectivity index (χ1n) is 9.05. The highest BCUT2D eigenvalue weighted by atomic mass is 32.2. The molecule has 0 aliphatic carbocycles. The van der Waals surface area contributed by atoms with Crippen LogP contribution in [-0.4, -0.2) is 16.4 Å². The number of thioether (sulfide) groups is 1. The normalized spacial score (nSPS) is 16.1. The molecule has 0 aromatic heterocycles. The molecular formula is C23H19NO3S. The molecular weight excluding hydrogens is 370 g/mol. The molecule has 28 heavy (non-hydrogen) atoms. The predicted molar refractivity (Wildman–Crippen MR) is 111 cm³/mol. The number of nitrogens with one attached hydrogen (secondary N) is 1. The van der Waals surface area contributed by atoms with Gasteiger partial charge in [-0.1, -0.05) is 78.5 Å². The van der Waals surface area contributed by atoms with E-state index in [1.54, 1.807) is 0 Å². The quantitative estimate of drug-likeness (QED) is 0.656. The Morgan fingerprint density at radius 2 is 1.43 bits per heavy atom. The molecule has 1 unspecified atom stereocenters. The molecule has 1 heterocycles. The Morgan fingerprint density at radius 3 is 2.07 bits per heavy atom. The number of carbonyl (C=O) groups is 2. The van der Waals surface area contributed by atoms with Crippen LogP contribution in [0.1, 0.15) is 11.1 Å². The van der Waals surface area contributed by atoms with Gasteiger partial charge in [-0.05, 0) is 40.8 Å². The first-order chi connectivity index (χ1) is 13.7. The lowest BCUT2D eigenvalue weighted by molar-refractivity contribution is -0.118. The maximum absolute atomic E-state index is 11.7. The molecule has 3 aromatic rings. The van der Waals surface area contributed by atoms with Crippen LogP contribution in [0.3, 0.4) is 0 Å². The van der Waals surface area contributed by atoms with Gasteiger partial charge in [0.25, 0.3) is 5.24 Å². The number of hydrogen-bond donors (Lipinski definition) is 1. The van der Waals surface area contributed by atoms with Crippen LogP contribution in [-0.2, 0) is 17.8 Å². The molecule has 1 atom stereocenters. The number of amides is 2. The van der Waals surface area contributed by atoms with Crippen molar-refractivity contribution in [2.75, 3.05) is 0 Å². The van der Waals surface area contributed by atoms with E-state index in [4.69, 9.17) is 4.74 Å². The van der Waals surface area contributed by atoms with Crippen LogP contribution in [0.5, 0.6) is 5.75 Å². The van der Waals surface area contributed by atoms with Crippen molar-refractivity contribution in [2.45, 2.75) is 18.3 Å². The molecule has 1 aliphatic rings. The number of benzene rings is 3. The third-order valence-electron chi connectivity index (χ3n) is 4.58. The van der Waals surface area contributed by atoms with E-state index in [2.05, 4.69) is 41.7 Å². The van der Waals surface area contributed by atoms with Gasteiger partial charge in [0.05, 0.1) is 5.25 Å². The molecule has 1 fully saturated rings. The monoisotopic (exact) mass is 389 g/mol. The van der Waals surface area contributed by atoms with Crippen molar-refractivity contribution < 1.29 is 14.3 Å². The van der Waals surface area contributed by atoms with Gasteiger partial charge < -0.3 is 4.74 Å². The molecule has 0 bridgehead atoms. The topological polar surface area (TPSA) is 55.4 Å². The number of carbonyl (C=O) groups excluding carboxylic acids is 2. The average molecular weight is 389 g/mol. The van der Waals surface area contributed by atoms with E-state index in [0.29, 0.717) is 13.0 Å². The van der Waals surface area contributed by atoms with Crippen molar-refractivity contribution in [3.05, 3.63) is 90.0 Å². The number of imide groups is 1. The minimum absolute atomic E-state index is 0.214. The zero-order chi connectivity index (χ0) is 19.3. The lowest BCUT2D eigenvalue weighted by atomic mass is 10.0. The molecule has 3 aromatic carbocycles. The summed E-state index contributed by atoms with van der Waals surface area (Å²) in [6.07, 6.45) is 0.531. The van der Waals surface area contributed by atoms with Crippen molar-refractivity contribution in [1.82, 2.24) is 5.32 Å². The molecule has 1 N–H and O–H groups in total. The average Bonchev–Trinajstić information content (AvgIpc) is 3.05. The molecule has 0 spiro atoms. The third kappa shape index (κ3) is 4.43. The van der Waals surface area contributed by atoms with E-state index >= 15 is 0 Å². The Bertz CT molecular complexity index is 969. The van der Waals surface area contributed by atoms with Gasteiger partial charge in [-0.2, -0.15) is 0 Å². The van der Waals surface area contributed by atoms with Crippen LogP contribution >= 0.6 is 11.8 Å². The van der Waals surface area contributed by atoms with Crippen LogP contribution < -0.4 is 10.1 Å². The van der Waals surface area contributed by atoms with E-state index in [0.717, 1.165) is 28.6 Å². The highest BCUT2D eigenvalue weighted by Crippen LogP contribution is 2.24. The molecule has 5 heteroatoms. The summed E-state index contributed by atoms with van der Waals surface area (Å²) in [6, 6.07) is 26.3. The van der Waals surface area contributed by atoms with E-state index in [-0.39, 0.29) is 16.4 Å². The lowest BCUT2D eigenvalue weighted by Crippen LogP contribution is -2.25. The second-order valence-corrected chi connectivity index (χ2v) is 7.76. The Balaban J connectivity index is 1.32.